The van der Waals surface area contributed by atoms with E-state index < -0.39 is 67.6 Å². The van der Waals surface area contributed by atoms with Gasteiger partial charge in [0.25, 0.3) is 5.91 Å². The number of anilines is 1. The number of fused-ring (bicyclic) bond motifs is 2. The largest absolute Gasteiger partial charge is 0.388 e. The van der Waals surface area contributed by atoms with E-state index in [2.05, 4.69) is 5.32 Å². The molecule has 0 radical (unpaired) electrons. The summed E-state index contributed by atoms with van der Waals surface area (Å²) < 4.78 is 67.7. The molecule has 1 amide bonds. The van der Waals surface area contributed by atoms with E-state index in [1.54, 1.807) is 0 Å². The number of hydrogen-bond donors (Lipinski definition) is 4. The molecule has 208 valence electrons. The van der Waals surface area contributed by atoms with Gasteiger partial charge in [-0.05, 0) is 69.1 Å². The van der Waals surface area contributed by atoms with Crippen molar-refractivity contribution in [3.63, 3.8) is 0 Å². The van der Waals surface area contributed by atoms with E-state index >= 15 is 0 Å². The normalized spacial score (nSPS) is 28.3. The van der Waals surface area contributed by atoms with Crippen LogP contribution < -0.4 is 5.32 Å². The number of sulfone groups is 1. The molecule has 0 saturated heterocycles. The van der Waals surface area contributed by atoms with Crippen LogP contribution in [0, 0.1) is 35.2 Å². The zero-order valence-corrected chi connectivity index (χ0v) is 22.5. The molecule has 12 heteroatoms. The van der Waals surface area contributed by atoms with E-state index in [0.29, 0.717) is 18.6 Å². The first-order valence-electron chi connectivity index (χ1n) is 12.1. The zero-order valence-electron chi connectivity index (χ0n) is 20.9. The van der Waals surface area contributed by atoms with E-state index in [1.807, 2.05) is 6.92 Å². The Balaban J connectivity index is 1.62. The van der Waals surface area contributed by atoms with E-state index in [9.17, 15) is 41.7 Å². The van der Waals surface area contributed by atoms with Crippen LogP contribution in [0.25, 0.3) is 0 Å². The lowest BCUT2D eigenvalue weighted by atomic mass is 9.67. The summed E-state index contributed by atoms with van der Waals surface area (Å²) in [5.74, 6) is -6.94. The monoisotopic (exact) mass is 575 g/mol. The van der Waals surface area contributed by atoms with Gasteiger partial charge in [0.05, 0.1) is 26.4 Å². The number of carbonyl (C=O) groups excluding carboxylic acids is 1. The van der Waals surface area contributed by atoms with Crippen LogP contribution in [0.1, 0.15) is 50.4 Å². The van der Waals surface area contributed by atoms with E-state index in [4.69, 9.17) is 11.6 Å². The number of hydrogen-bond acceptors (Lipinski definition) is 6. The molecule has 38 heavy (non-hydrogen) atoms. The zero-order chi connectivity index (χ0) is 28.4. The van der Waals surface area contributed by atoms with Crippen LogP contribution in [-0.4, -0.2) is 52.2 Å². The topological polar surface area (TPSA) is 124 Å². The minimum atomic E-state index is -4.14. The van der Waals surface area contributed by atoms with Gasteiger partial charge in [0.2, 0.25) is 0 Å². The fourth-order valence-electron chi connectivity index (χ4n) is 6.08. The summed E-state index contributed by atoms with van der Waals surface area (Å²) in [7, 11) is -4.14. The molecule has 6 atom stereocenters. The standard InChI is InChI=1S/C26H29ClF3NO6S/c1-12-6-14-8-16(11-17(12)26(14,35)24(33)25(2,3)34)38(36,37)21-7-13(4-5-18(21)27)23(32)31-15-9-19(28)22(30)20(29)10-15/h4-5,7,9-10,12,14,16-17,24,33-35H,6,8,11H2,1-3H3,(H,31,32)/t12-,14?,16?,17?,24?,26-/m0/s1. The fraction of sp³-hybridized carbons (Fsp3) is 0.500. The van der Waals surface area contributed by atoms with Crippen LogP contribution in [0.2, 0.25) is 5.02 Å². The van der Waals surface area contributed by atoms with Crippen molar-refractivity contribution in [2.24, 2.45) is 17.8 Å². The molecule has 0 aliphatic heterocycles. The summed E-state index contributed by atoms with van der Waals surface area (Å²) >= 11 is 6.23. The number of amides is 1. The van der Waals surface area contributed by atoms with Crippen molar-refractivity contribution in [3.8, 4) is 0 Å². The maximum absolute atomic E-state index is 13.7. The van der Waals surface area contributed by atoms with Crippen molar-refractivity contribution in [1.29, 1.82) is 0 Å². The summed E-state index contributed by atoms with van der Waals surface area (Å²) in [5, 5.41) is 33.8. The molecule has 2 saturated carbocycles. The van der Waals surface area contributed by atoms with Gasteiger partial charge in [-0.2, -0.15) is 0 Å². The molecule has 0 aromatic heterocycles. The fourth-order valence-corrected chi connectivity index (χ4v) is 8.46. The van der Waals surface area contributed by atoms with Gasteiger partial charge >= 0.3 is 0 Å². The van der Waals surface area contributed by atoms with Crippen LogP contribution in [0.4, 0.5) is 18.9 Å². The lowest BCUT2D eigenvalue weighted by Crippen LogP contribution is -2.62. The quantitative estimate of drug-likeness (QED) is 0.385. The van der Waals surface area contributed by atoms with Crippen LogP contribution in [-0.2, 0) is 9.84 Å². The van der Waals surface area contributed by atoms with Crippen molar-refractivity contribution >= 4 is 33.0 Å². The van der Waals surface area contributed by atoms with Crippen molar-refractivity contribution in [2.75, 3.05) is 5.32 Å². The van der Waals surface area contributed by atoms with E-state index in [1.165, 1.54) is 26.0 Å². The number of rotatable bonds is 6. The summed E-state index contributed by atoms with van der Waals surface area (Å²) in [6, 6.07) is 4.68. The molecule has 2 aromatic carbocycles. The first kappa shape index (κ1) is 28.8. The van der Waals surface area contributed by atoms with Crippen LogP contribution in [0.3, 0.4) is 0 Å². The van der Waals surface area contributed by atoms with Gasteiger partial charge in [0, 0.05) is 23.4 Å². The summed E-state index contributed by atoms with van der Waals surface area (Å²) in [6.45, 7) is 4.63. The molecule has 2 aromatic rings. The SMILES string of the molecule is C[C@H]1CC2CC(S(=O)(=O)c3cc(C(=O)Nc4cc(F)c(F)c(F)c4)ccc3Cl)CC1[C@]2(O)C(O)C(C)(C)O. The highest BCUT2D eigenvalue weighted by Gasteiger charge is 2.63. The van der Waals surface area contributed by atoms with Gasteiger partial charge in [0.15, 0.2) is 27.3 Å². The van der Waals surface area contributed by atoms with E-state index in [0.717, 1.165) is 6.07 Å². The van der Waals surface area contributed by atoms with Crippen molar-refractivity contribution in [1.82, 2.24) is 0 Å². The minimum Gasteiger partial charge on any atom is -0.388 e. The predicted molar refractivity (Wildman–Crippen MR) is 134 cm³/mol. The molecule has 4 unspecified atom stereocenters. The maximum atomic E-state index is 13.7. The van der Waals surface area contributed by atoms with Crippen molar-refractivity contribution in [2.45, 2.75) is 67.5 Å². The Morgan fingerprint density at radius 3 is 2.29 bits per heavy atom. The van der Waals surface area contributed by atoms with Gasteiger partial charge in [0.1, 0.15) is 6.10 Å². The number of aliphatic hydroxyl groups excluding tert-OH is 1. The maximum Gasteiger partial charge on any atom is 0.255 e. The predicted octanol–water partition coefficient (Wildman–Crippen LogP) is 4.08. The lowest BCUT2D eigenvalue weighted by Gasteiger charge is -2.48. The first-order chi connectivity index (χ1) is 17.5. The average Bonchev–Trinajstić information content (AvgIpc) is 2.94. The second-order valence-corrected chi connectivity index (χ2v) is 13.6. The van der Waals surface area contributed by atoms with Gasteiger partial charge < -0.3 is 20.6 Å². The Morgan fingerprint density at radius 2 is 1.74 bits per heavy atom. The highest BCUT2D eigenvalue weighted by atomic mass is 35.5. The molecule has 0 spiro atoms. The number of carbonyl (C=O) groups is 1. The molecule has 7 nitrogen and oxygen atoms in total. The van der Waals surface area contributed by atoms with Gasteiger partial charge in [-0.25, -0.2) is 21.6 Å². The van der Waals surface area contributed by atoms with Gasteiger partial charge in [-0.15, -0.1) is 0 Å². The van der Waals surface area contributed by atoms with Gasteiger partial charge in [-0.1, -0.05) is 18.5 Å². The summed E-state index contributed by atoms with van der Waals surface area (Å²) in [5.41, 5.74) is -3.82. The number of nitrogens with one attached hydrogen (secondary N) is 1. The Morgan fingerprint density at radius 1 is 1.13 bits per heavy atom. The molecule has 2 bridgehead atoms. The Kier molecular flexibility index (Phi) is 7.42. The molecule has 4 rings (SSSR count). The third-order valence-electron chi connectivity index (χ3n) is 7.94. The molecule has 2 aliphatic rings. The number of aliphatic hydroxyl groups is 3. The van der Waals surface area contributed by atoms with Crippen molar-refractivity contribution < 1.29 is 41.7 Å². The molecule has 2 fully saturated rings. The highest BCUT2D eigenvalue weighted by molar-refractivity contribution is 7.92. The lowest BCUT2D eigenvalue weighted by molar-refractivity contribution is -0.202. The third-order valence-corrected chi connectivity index (χ3v) is 10.6. The van der Waals surface area contributed by atoms with E-state index in [-0.39, 0.29) is 39.9 Å². The second kappa shape index (κ2) is 9.78. The van der Waals surface area contributed by atoms with Crippen LogP contribution in [0.5, 0.6) is 0 Å². The Labute approximate surface area is 223 Å². The van der Waals surface area contributed by atoms with Crippen molar-refractivity contribution in [3.05, 3.63) is 58.4 Å². The average molecular weight is 576 g/mol. The van der Waals surface area contributed by atoms with Gasteiger partial charge in [-0.3, -0.25) is 4.79 Å². The summed E-state index contributed by atoms with van der Waals surface area (Å²) in [4.78, 5) is 12.4. The summed E-state index contributed by atoms with van der Waals surface area (Å²) in [6.07, 6.45) is -1.02. The highest BCUT2D eigenvalue weighted by Crippen LogP contribution is 2.57. The second-order valence-electron chi connectivity index (χ2n) is 11.0. The van der Waals surface area contributed by atoms with Crippen LogP contribution in [0.15, 0.2) is 35.2 Å². The molecular formula is C26H29ClF3NO6S. The molecule has 0 heterocycles. The molecule has 4 N–H and O–H groups in total. The third kappa shape index (κ3) is 4.83. The minimum absolute atomic E-state index is 0.00449. The first-order valence-corrected chi connectivity index (χ1v) is 14.0. The number of benzene rings is 2. The molecule has 2 aliphatic carbocycles. The molecular weight excluding hydrogens is 547 g/mol. The van der Waals surface area contributed by atoms with Crippen LogP contribution >= 0.6 is 11.6 Å². The Hall–Kier alpha value is -2.18. The number of halogens is 4. The Bertz CT molecular complexity index is 1360. The smallest absolute Gasteiger partial charge is 0.255 e.